The third-order valence-electron chi connectivity index (χ3n) is 5.70. The van der Waals surface area contributed by atoms with Crippen LogP contribution in [0.3, 0.4) is 0 Å². The van der Waals surface area contributed by atoms with Gasteiger partial charge in [-0.3, -0.25) is 0 Å². The van der Waals surface area contributed by atoms with Crippen LogP contribution in [0.15, 0.2) is 99.2 Å². The lowest BCUT2D eigenvalue weighted by atomic mass is 9.68. The Bertz CT molecular complexity index is 1280. The van der Waals surface area contributed by atoms with Gasteiger partial charge in [-0.05, 0) is 44.8 Å². The van der Waals surface area contributed by atoms with Gasteiger partial charge in [0.25, 0.3) is 0 Å². The summed E-state index contributed by atoms with van der Waals surface area (Å²) in [6.07, 6.45) is 0. The average Bonchev–Trinajstić information content (AvgIpc) is 3.38. The quantitative estimate of drug-likeness (QED) is 0.268. The predicted octanol–water partition coefficient (Wildman–Crippen LogP) is 7.62. The van der Waals surface area contributed by atoms with E-state index in [2.05, 4.69) is 101 Å². The Morgan fingerprint density at radius 3 is 2.04 bits per heavy atom. The molecule has 2 aromatic heterocycles. The van der Waals surface area contributed by atoms with Gasteiger partial charge in [0.1, 0.15) is 5.58 Å². The molecular formula is C25H15BrOS. The van der Waals surface area contributed by atoms with E-state index in [-0.39, 0.29) is 5.41 Å². The lowest BCUT2D eigenvalue weighted by molar-refractivity contribution is 0.629. The van der Waals surface area contributed by atoms with Crippen molar-refractivity contribution >= 4 is 38.2 Å². The first-order valence-corrected chi connectivity index (χ1v) is 10.8. The fourth-order valence-electron chi connectivity index (χ4n) is 4.66. The lowest BCUT2D eigenvalue weighted by Gasteiger charge is -2.32. The van der Waals surface area contributed by atoms with Crippen LogP contribution in [0.25, 0.3) is 21.6 Å². The van der Waals surface area contributed by atoms with Crippen molar-refractivity contribution in [2.45, 2.75) is 5.41 Å². The predicted molar refractivity (Wildman–Crippen MR) is 119 cm³/mol. The largest absolute Gasteiger partial charge is 0.455 e. The van der Waals surface area contributed by atoms with E-state index in [9.17, 15) is 0 Å². The highest BCUT2D eigenvalue weighted by Gasteiger charge is 2.50. The summed E-state index contributed by atoms with van der Waals surface area (Å²) in [5, 5.41) is 1.18. The zero-order valence-corrected chi connectivity index (χ0v) is 17.3. The maximum Gasteiger partial charge on any atom is 0.150 e. The lowest BCUT2D eigenvalue weighted by Crippen LogP contribution is -2.28. The van der Waals surface area contributed by atoms with Crippen molar-refractivity contribution in [3.8, 4) is 10.6 Å². The summed E-state index contributed by atoms with van der Waals surface area (Å²) < 4.78 is 7.56. The highest BCUT2D eigenvalue weighted by molar-refractivity contribution is 9.11. The Labute approximate surface area is 175 Å². The molecular weight excluding hydrogens is 428 g/mol. The summed E-state index contributed by atoms with van der Waals surface area (Å²) >= 11 is 5.48. The molecule has 0 radical (unpaired) electrons. The van der Waals surface area contributed by atoms with Gasteiger partial charge in [-0.15, -0.1) is 11.3 Å². The Kier molecular flexibility index (Phi) is 3.47. The van der Waals surface area contributed by atoms with E-state index in [0.717, 1.165) is 15.1 Å². The summed E-state index contributed by atoms with van der Waals surface area (Å²) in [7, 11) is 0. The Morgan fingerprint density at radius 1 is 0.750 bits per heavy atom. The van der Waals surface area contributed by atoms with E-state index in [0.29, 0.717) is 0 Å². The second-order valence-electron chi connectivity index (χ2n) is 7.08. The van der Waals surface area contributed by atoms with Crippen molar-refractivity contribution in [2.75, 3.05) is 0 Å². The van der Waals surface area contributed by atoms with E-state index < -0.39 is 0 Å². The molecule has 134 valence electrons. The van der Waals surface area contributed by atoms with Gasteiger partial charge >= 0.3 is 0 Å². The van der Waals surface area contributed by atoms with E-state index in [1.807, 2.05) is 6.07 Å². The zero-order valence-electron chi connectivity index (χ0n) is 14.9. The SMILES string of the molecule is Brc1cc2c(s1)-c1oc3ccccc3c1C2(c1ccccc1)c1ccccc1. The number of hydrogen-bond acceptors (Lipinski definition) is 2. The van der Waals surface area contributed by atoms with Gasteiger partial charge in [0.05, 0.1) is 14.1 Å². The fourth-order valence-corrected chi connectivity index (χ4v) is 6.31. The molecule has 0 saturated heterocycles. The number of furan rings is 1. The third kappa shape index (κ3) is 2.01. The molecule has 5 aromatic rings. The van der Waals surface area contributed by atoms with Gasteiger partial charge in [0.2, 0.25) is 0 Å². The van der Waals surface area contributed by atoms with Gasteiger partial charge < -0.3 is 4.42 Å². The van der Waals surface area contributed by atoms with Crippen LogP contribution in [0, 0.1) is 0 Å². The van der Waals surface area contributed by atoms with Gasteiger partial charge in [-0.1, -0.05) is 78.9 Å². The first-order valence-electron chi connectivity index (χ1n) is 9.23. The highest BCUT2D eigenvalue weighted by Crippen LogP contribution is 2.61. The molecule has 0 N–H and O–H groups in total. The van der Waals surface area contributed by atoms with Crippen LogP contribution in [0.1, 0.15) is 22.3 Å². The molecule has 1 aliphatic rings. The van der Waals surface area contributed by atoms with Crippen LogP contribution < -0.4 is 0 Å². The molecule has 0 unspecified atom stereocenters. The fraction of sp³-hybridized carbons (Fsp3) is 0.0400. The number of halogens is 1. The molecule has 1 aliphatic carbocycles. The summed E-state index contributed by atoms with van der Waals surface area (Å²) in [6, 6.07) is 32.3. The maximum absolute atomic E-state index is 6.44. The molecule has 28 heavy (non-hydrogen) atoms. The number of para-hydroxylation sites is 1. The Hall–Kier alpha value is -2.62. The van der Waals surface area contributed by atoms with Crippen LogP contribution >= 0.6 is 27.3 Å². The number of benzene rings is 3. The molecule has 1 nitrogen and oxygen atoms in total. The van der Waals surface area contributed by atoms with Crippen molar-refractivity contribution in [3.05, 3.63) is 117 Å². The second-order valence-corrected chi connectivity index (χ2v) is 9.51. The number of rotatable bonds is 2. The standard InChI is InChI=1S/C25H15BrOS/c26-21-15-19-24(28-21)23-22(18-13-7-8-14-20(18)27-23)25(19,16-9-3-1-4-10-16)17-11-5-2-6-12-17/h1-15H. The topological polar surface area (TPSA) is 13.1 Å². The second kappa shape index (κ2) is 5.94. The van der Waals surface area contributed by atoms with Crippen molar-refractivity contribution < 1.29 is 4.42 Å². The average molecular weight is 443 g/mol. The number of fused-ring (bicyclic) bond motifs is 5. The van der Waals surface area contributed by atoms with Crippen LogP contribution in [0.2, 0.25) is 0 Å². The molecule has 0 atom stereocenters. The normalized spacial score (nSPS) is 14.2. The molecule has 3 heteroatoms. The van der Waals surface area contributed by atoms with Crippen LogP contribution in [0.4, 0.5) is 0 Å². The first-order chi connectivity index (χ1) is 13.8. The smallest absolute Gasteiger partial charge is 0.150 e. The molecule has 6 rings (SSSR count). The molecule has 0 aliphatic heterocycles. The molecule has 0 amide bonds. The van der Waals surface area contributed by atoms with E-state index >= 15 is 0 Å². The molecule has 3 aromatic carbocycles. The Morgan fingerprint density at radius 2 is 1.36 bits per heavy atom. The summed E-state index contributed by atoms with van der Waals surface area (Å²) in [5.74, 6) is 1.000. The summed E-state index contributed by atoms with van der Waals surface area (Å²) in [4.78, 5) is 1.21. The molecule has 0 spiro atoms. The van der Waals surface area contributed by atoms with Gasteiger partial charge in [-0.2, -0.15) is 0 Å². The Balaban J connectivity index is 1.86. The number of thiophene rings is 1. The van der Waals surface area contributed by atoms with Crippen LogP contribution in [-0.4, -0.2) is 0 Å². The maximum atomic E-state index is 6.44. The van der Waals surface area contributed by atoms with Gasteiger partial charge in [-0.25, -0.2) is 0 Å². The zero-order chi connectivity index (χ0) is 18.7. The molecule has 0 saturated carbocycles. The minimum absolute atomic E-state index is 0.387. The van der Waals surface area contributed by atoms with Gasteiger partial charge in [0, 0.05) is 10.9 Å². The molecule has 2 heterocycles. The van der Waals surface area contributed by atoms with Crippen molar-refractivity contribution in [2.24, 2.45) is 0 Å². The van der Waals surface area contributed by atoms with E-state index in [1.165, 1.54) is 32.5 Å². The third-order valence-corrected chi connectivity index (χ3v) is 7.33. The van der Waals surface area contributed by atoms with Crippen LogP contribution in [-0.2, 0) is 5.41 Å². The highest BCUT2D eigenvalue weighted by atomic mass is 79.9. The summed E-state index contributed by atoms with van der Waals surface area (Å²) in [6.45, 7) is 0. The first kappa shape index (κ1) is 16.3. The molecule has 0 bridgehead atoms. The minimum atomic E-state index is -0.387. The van der Waals surface area contributed by atoms with E-state index in [4.69, 9.17) is 4.42 Å². The number of hydrogen-bond donors (Lipinski definition) is 0. The molecule has 0 fully saturated rings. The summed E-state index contributed by atoms with van der Waals surface area (Å²) in [5.41, 5.74) is 5.63. The van der Waals surface area contributed by atoms with Crippen molar-refractivity contribution in [3.63, 3.8) is 0 Å². The van der Waals surface area contributed by atoms with Crippen molar-refractivity contribution in [1.82, 2.24) is 0 Å². The van der Waals surface area contributed by atoms with Gasteiger partial charge in [0.15, 0.2) is 5.76 Å². The monoisotopic (exact) mass is 442 g/mol. The minimum Gasteiger partial charge on any atom is -0.455 e. The van der Waals surface area contributed by atoms with E-state index in [1.54, 1.807) is 11.3 Å². The van der Waals surface area contributed by atoms with Crippen molar-refractivity contribution in [1.29, 1.82) is 0 Å². The van der Waals surface area contributed by atoms with Crippen LogP contribution in [0.5, 0.6) is 0 Å².